The summed E-state index contributed by atoms with van der Waals surface area (Å²) in [7, 11) is 5.05. The van der Waals surface area contributed by atoms with Gasteiger partial charge in [-0.25, -0.2) is 4.79 Å². The number of aromatic nitrogens is 2. The van der Waals surface area contributed by atoms with Gasteiger partial charge in [-0.2, -0.15) is 5.10 Å². The van der Waals surface area contributed by atoms with Crippen LogP contribution in [0.4, 0.5) is 4.79 Å². The van der Waals surface area contributed by atoms with Crippen molar-refractivity contribution in [2.24, 2.45) is 7.05 Å². The van der Waals surface area contributed by atoms with Crippen LogP contribution in [-0.4, -0.2) is 46.8 Å². The van der Waals surface area contributed by atoms with E-state index in [9.17, 15) is 9.59 Å². The Hall–Kier alpha value is -1.85. The average molecular weight is 251 g/mol. The zero-order valence-electron chi connectivity index (χ0n) is 10.8. The number of carbonyl (C=O) groups excluding carboxylic acids is 2. The first-order valence-electron chi connectivity index (χ1n) is 5.91. The van der Waals surface area contributed by atoms with E-state index in [1.54, 1.807) is 32.0 Å². The average Bonchev–Trinajstić information content (AvgIpc) is 2.60. The Labute approximate surface area is 106 Å². The largest absolute Gasteiger partial charge is 0.446 e. The molecule has 2 rings (SSSR count). The predicted molar refractivity (Wildman–Crippen MR) is 64.4 cm³/mol. The van der Waals surface area contributed by atoms with Gasteiger partial charge in [0.1, 0.15) is 6.10 Å². The van der Waals surface area contributed by atoms with Gasteiger partial charge in [0.05, 0.1) is 11.3 Å². The van der Waals surface area contributed by atoms with Crippen LogP contribution in [0.15, 0.2) is 6.20 Å². The van der Waals surface area contributed by atoms with Crippen molar-refractivity contribution >= 4 is 11.9 Å². The van der Waals surface area contributed by atoms with Gasteiger partial charge >= 0.3 is 6.09 Å². The number of amides is 1. The number of fused-ring (bicyclic) bond motifs is 1. The summed E-state index contributed by atoms with van der Waals surface area (Å²) in [5.74, 6) is 0.0708. The first-order valence-corrected chi connectivity index (χ1v) is 5.91. The van der Waals surface area contributed by atoms with Gasteiger partial charge in [-0.1, -0.05) is 0 Å². The molecule has 0 N–H and O–H groups in total. The highest BCUT2D eigenvalue weighted by Gasteiger charge is 2.27. The molecule has 6 nitrogen and oxygen atoms in total. The Morgan fingerprint density at radius 3 is 2.94 bits per heavy atom. The van der Waals surface area contributed by atoms with Crippen LogP contribution in [0.2, 0.25) is 0 Å². The molecule has 1 aromatic rings. The molecule has 1 atom stereocenters. The lowest BCUT2D eigenvalue weighted by Crippen LogP contribution is -2.29. The third-order valence-corrected chi connectivity index (χ3v) is 2.95. The van der Waals surface area contributed by atoms with Crippen LogP contribution in [0.25, 0.3) is 0 Å². The summed E-state index contributed by atoms with van der Waals surface area (Å²) >= 11 is 0. The monoisotopic (exact) mass is 251 g/mol. The zero-order chi connectivity index (χ0) is 13.3. The Balaban J connectivity index is 2.14. The highest BCUT2D eigenvalue weighted by atomic mass is 16.6. The standard InChI is InChI=1S/C12H17N3O3/c1-14(2)12(17)18-8-4-5-11(16)9-7-15(3)13-10(9)6-8/h7-8H,4-6H2,1-3H3. The van der Waals surface area contributed by atoms with Gasteiger partial charge in [-0.05, 0) is 6.42 Å². The smallest absolute Gasteiger partial charge is 0.409 e. The first-order chi connectivity index (χ1) is 8.47. The fourth-order valence-corrected chi connectivity index (χ4v) is 2.01. The summed E-state index contributed by atoms with van der Waals surface area (Å²) in [5, 5.41) is 4.25. The number of carbonyl (C=O) groups is 2. The second-order valence-electron chi connectivity index (χ2n) is 4.73. The molecule has 1 unspecified atom stereocenters. The van der Waals surface area contributed by atoms with E-state index in [4.69, 9.17) is 4.74 Å². The highest BCUT2D eigenvalue weighted by Crippen LogP contribution is 2.21. The summed E-state index contributed by atoms with van der Waals surface area (Å²) in [4.78, 5) is 24.8. The highest BCUT2D eigenvalue weighted by molar-refractivity contribution is 5.97. The van der Waals surface area contributed by atoms with Crippen LogP contribution in [0.3, 0.4) is 0 Å². The number of Topliss-reactive ketones (excluding diaryl/α,β-unsaturated/α-hetero) is 1. The molecule has 1 aliphatic carbocycles. The van der Waals surface area contributed by atoms with E-state index in [-0.39, 0.29) is 18.0 Å². The molecule has 1 heterocycles. The summed E-state index contributed by atoms with van der Waals surface area (Å²) in [6, 6.07) is 0. The predicted octanol–water partition coefficient (Wildman–Crippen LogP) is 1.01. The quantitative estimate of drug-likeness (QED) is 0.699. The molecule has 0 aromatic carbocycles. The van der Waals surface area contributed by atoms with E-state index in [1.807, 2.05) is 0 Å². The molecular weight excluding hydrogens is 234 g/mol. The molecule has 1 amide bonds. The molecule has 1 aliphatic rings. The number of ether oxygens (including phenoxy) is 1. The van der Waals surface area contributed by atoms with Gasteiger partial charge in [0.15, 0.2) is 5.78 Å². The van der Waals surface area contributed by atoms with E-state index in [0.29, 0.717) is 24.8 Å². The minimum Gasteiger partial charge on any atom is -0.446 e. The second kappa shape index (κ2) is 4.80. The molecule has 18 heavy (non-hydrogen) atoms. The maximum absolute atomic E-state index is 11.9. The van der Waals surface area contributed by atoms with Crippen LogP contribution in [0, 0.1) is 0 Å². The number of ketones is 1. The number of hydrogen-bond acceptors (Lipinski definition) is 4. The van der Waals surface area contributed by atoms with Crippen molar-refractivity contribution in [2.75, 3.05) is 14.1 Å². The fraction of sp³-hybridized carbons (Fsp3) is 0.583. The number of rotatable bonds is 1. The lowest BCUT2D eigenvalue weighted by atomic mass is 10.1. The van der Waals surface area contributed by atoms with Crippen molar-refractivity contribution in [2.45, 2.75) is 25.4 Å². The number of hydrogen-bond donors (Lipinski definition) is 0. The van der Waals surface area contributed by atoms with Crippen molar-refractivity contribution in [3.05, 3.63) is 17.5 Å². The SMILES string of the molecule is CN(C)C(=O)OC1CCC(=O)c2cn(C)nc2C1. The summed E-state index contributed by atoms with van der Waals surface area (Å²) in [5.41, 5.74) is 1.37. The molecule has 0 bridgehead atoms. The zero-order valence-corrected chi connectivity index (χ0v) is 10.8. The topological polar surface area (TPSA) is 64.4 Å². The van der Waals surface area contributed by atoms with Crippen LogP contribution in [-0.2, 0) is 18.2 Å². The third-order valence-electron chi connectivity index (χ3n) is 2.95. The van der Waals surface area contributed by atoms with Crippen molar-refractivity contribution < 1.29 is 14.3 Å². The van der Waals surface area contributed by atoms with Crippen molar-refractivity contribution in [3.63, 3.8) is 0 Å². The molecule has 6 heteroatoms. The van der Waals surface area contributed by atoms with E-state index in [2.05, 4.69) is 5.10 Å². The van der Waals surface area contributed by atoms with E-state index >= 15 is 0 Å². The van der Waals surface area contributed by atoms with Gasteiger partial charge in [0.2, 0.25) is 0 Å². The van der Waals surface area contributed by atoms with Crippen LogP contribution in [0.5, 0.6) is 0 Å². The van der Waals surface area contributed by atoms with Crippen molar-refractivity contribution in [1.82, 2.24) is 14.7 Å². The Morgan fingerprint density at radius 1 is 1.56 bits per heavy atom. The minimum atomic E-state index is -0.383. The first kappa shape index (κ1) is 12.6. The van der Waals surface area contributed by atoms with Gasteiger partial charge in [0.25, 0.3) is 0 Å². The molecule has 1 aromatic heterocycles. The van der Waals surface area contributed by atoms with Gasteiger partial charge < -0.3 is 9.64 Å². The summed E-state index contributed by atoms with van der Waals surface area (Å²) in [6.07, 6.45) is 2.52. The summed E-state index contributed by atoms with van der Waals surface area (Å²) in [6.45, 7) is 0. The molecule has 0 aliphatic heterocycles. The molecule has 0 radical (unpaired) electrons. The Morgan fingerprint density at radius 2 is 2.28 bits per heavy atom. The van der Waals surface area contributed by atoms with E-state index in [1.165, 1.54) is 4.90 Å². The normalized spacial score (nSPS) is 19.1. The maximum Gasteiger partial charge on any atom is 0.409 e. The van der Waals surface area contributed by atoms with Crippen LogP contribution < -0.4 is 0 Å². The molecule has 0 spiro atoms. The summed E-state index contributed by atoms with van der Waals surface area (Å²) < 4.78 is 6.96. The maximum atomic E-state index is 11.9. The van der Waals surface area contributed by atoms with Gasteiger partial charge in [0, 0.05) is 40.2 Å². The molecular formula is C12H17N3O3. The van der Waals surface area contributed by atoms with Crippen molar-refractivity contribution in [1.29, 1.82) is 0 Å². The molecule has 0 saturated carbocycles. The third kappa shape index (κ3) is 2.52. The Bertz CT molecular complexity index is 479. The minimum absolute atomic E-state index is 0.0708. The van der Waals surface area contributed by atoms with Crippen LogP contribution in [0.1, 0.15) is 28.9 Å². The number of aryl methyl sites for hydroxylation is 1. The van der Waals surface area contributed by atoms with E-state index < -0.39 is 0 Å². The van der Waals surface area contributed by atoms with Crippen molar-refractivity contribution in [3.8, 4) is 0 Å². The van der Waals surface area contributed by atoms with Gasteiger partial charge in [-0.3, -0.25) is 9.48 Å². The second-order valence-corrected chi connectivity index (χ2v) is 4.73. The fourth-order valence-electron chi connectivity index (χ4n) is 2.01. The van der Waals surface area contributed by atoms with Gasteiger partial charge in [-0.15, -0.1) is 0 Å². The molecule has 0 fully saturated rings. The Kier molecular flexibility index (Phi) is 3.36. The van der Waals surface area contributed by atoms with E-state index in [0.717, 1.165) is 5.69 Å². The van der Waals surface area contributed by atoms with Crippen LogP contribution >= 0.6 is 0 Å². The lowest BCUT2D eigenvalue weighted by Gasteiger charge is -2.18. The lowest BCUT2D eigenvalue weighted by molar-refractivity contribution is 0.0678. The molecule has 0 saturated heterocycles. The molecule has 98 valence electrons. The number of nitrogens with zero attached hydrogens (tertiary/aromatic N) is 3.